The van der Waals surface area contributed by atoms with Crippen LogP contribution in [-0.2, 0) is 11.2 Å². The van der Waals surface area contributed by atoms with Gasteiger partial charge < -0.3 is 14.3 Å². The number of carbonyl (C=O) groups excluding carboxylic acids is 1. The van der Waals surface area contributed by atoms with Gasteiger partial charge >= 0.3 is 0 Å². The van der Waals surface area contributed by atoms with Crippen LogP contribution in [0.15, 0.2) is 41.2 Å². The van der Waals surface area contributed by atoms with Crippen molar-refractivity contribution in [2.75, 3.05) is 31.1 Å². The Morgan fingerprint density at radius 1 is 1.12 bits per heavy atom. The fourth-order valence-corrected chi connectivity index (χ4v) is 3.89. The second-order valence-corrected chi connectivity index (χ2v) is 8.05. The standard InChI is InChI=1S/C21H21ClN8O2/c1-14-12-18(30-21(25-14)23-13-24-30)28-8-10-29(11-9-28)19(31)7-6-17-26-20(27-32-17)15-2-4-16(22)5-3-15/h2-5,12-13H,6-11H2,1H3. The molecule has 32 heavy (non-hydrogen) atoms. The Balaban J connectivity index is 1.17. The quantitative estimate of drug-likeness (QED) is 0.454. The molecule has 0 saturated carbocycles. The molecule has 4 heterocycles. The van der Waals surface area contributed by atoms with Gasteiger partial charge in [0.1, 0.15) is 12.1 Å². The fourth-order valence-electron chi connectivity index (χ4n) is 3.77. The molecule has 1 aromatic carbocycles. The van der Waals surface area contributed by atoms with E-state index in [0.717, 1.165) is 17.1 Å². The third-order valence-corrected chi connectivity index (χ3v) is 5.69. The number of hydrogen-bond acceptors (Lipinski definition) is 8. The average molecular weight is 453 g/mol. The van der Waals surface area contributed by atoms with E-state index in [1.54, 1.807) is 16.6 Å². The number of rotatable bonds is 5. The number of benzene rings is 1. The summed E-state index contributed by atoms with van der Waals surface area (Å²) < 4.78 is 7.05. The molecule has 0 unspecified atom stereocenters. The van der Waals surface area contributed by atoms with E-state index in [9.17, 15) is 4.79 Å². The van der Waals surface area contributed by atoms with Crippen LogP contribution in [0.25, 0.3) is 17.2 Å². The number of halogens is 1. The SMILES string of the molecule is Cc1cc(N2CCN(C(=O)CCc3nc(-c4ccc(Cl)cc4)no3)CC2)n2ncnc2n1. The smallest absolute Gasteiger partial charge is 0.254 e. The number of nitrogens with zero attached hydrogens (tertiary/aromatic N) is 8. The topological polar surface area (TPSA) is 106 Å². The summed E-state index contributed by atoms with van der Waals surface area (Å²) in [5.41, 5.74) is 1.70. The molecular formula is C21H21ClN8O2. The highest BCUT2D eigenvalue weighted by atomic mass is 35.5. The van der Waals surface area contributed by atoms with Crippen molar-refractivity contribution in [3.63, 3.8) is 0 Å². The van der Waals surface area contributed by atoms with Gasteiger partial charge in [0, 0.05) is 61.4 Å². The van der Waals surface area contributed by atoms with Crippen molar-refractivity contribution in [1.29, 1.82) is 0 Å². The third kappa shape index (κ3) is 4.13. The molecule has 1 aliphatic rings. The van der Waals surface area contributed by atoms with Crippen molar-refractivity contribution in [2.24, 2.45) is 0 Å². The van der Waals surface area contributed by atoms with Gasteiger partial charge in [-0.1, -0.05) is 16.8 Å². The molecule has 1 saturated heterocycles. The Morgan fingerprint density at radius 2 is 1.91 bits per heavy atom. The van der Waals surface area contributed by atoms with Crippen molar-refractivity contribution < 1.29 is 9.32 Å². The maximum absolute atomic E-state index is 12.7. The molecule has 1 amide bonds. The molecule has 11 heteroatoms. The van der Waals surface area contributed by atoms with Gasteiger partial charge in [-0.2, -0.15) is 19.6 Å². The number of anilines is 1. The van der Waals surface area contributed by atoms with Gasteiger partial charge in [-0.15, -0.1) is 0 Å². The Bertz CT molecular complexity index is 1240. The molecule has 0 aliphatic carbocycles. The van der Waals surface area contributed by atoms with Crippen LogP contribution in [0, 0.1) is 6.92 Å². The number of piperazine rings is 1. The van der Waals surface area contributed by atoms with Crippen molar-refractivity contribution in [3.8, 4) is 11.4 Å². The summed E-state index contributed by atoms with van der Waals surface area (Å²) in [5.74, 6) is 2.54. The lowest BCUT2D eigenvalue weighted by Gasteiger charge is -2.36. The molecule has 1 fully saturated rings. The van der Waals surface area contributed by atoms with E-state index in [4.69, 9.17) is 16.1 Å². The predicted octanol–water partition coefficient (Wildman–Crippen LogP) is 2.42. The highest BCUT2D eigenvalue weighted by molar-refractivity contribution is 6.30. The first-order valence-corrected chi connectivity index (χ1v) is 10.7. The van der Waals surface area contributed by atoms with Crippen molar-refractivity contribution in [2.45, 2.75) is 19.8 Å². The Kier molecular flexibility index (Phi) is 5.44. The maximum Gasteiger partial charge on any atom is 0.254 e. The van der Waals surface area contributed by atoms with Crippen LogP contribution < -0.4 is 4.90 Å². The minimum atomic E-state index is 0.0766. The first-order valence-electron chi connectivity index (χ1n) is 10.4. The summed E-state index contributed by atoms with van der Waals surface area (Å²) in [5, 5.41) is 8.92. The lowest BCUT2D eigenvalue weighted by atomic mass is 10.2. The third-order valence-electron chi connectivity index (χ3n) is 5.44. The zero-order valence-electron chi connectivity index (χ0n) is 17.5. The molecule has 0 atom stereocenters. The molecule has 5 rings (SSSR count). The van der Waals surface area contributed by atoms with Crippen LogP contribution in [0.5, 0.6) is 0 Å². The van der Waals surface area contributed by atoms with Crippen LogP contribution in [0.1, 0.15) is 18.0 Å². The molecular weight excluding hydrogens is 432 g/mol. The summed E-state index contributed by atoms with van der Waals surface area (Å²) in [6.07, 6.45) is 2.23. The van der Waals surface area contributed by atoms with Crippen molar-refractivity contribution in [1.82, 2.24) is 34.6 Å². The molecule has 0 N–H and O–H groups in total. The Morgan fingerprint density at radius 3 is 2.69 bits per heavy atom. The molecule has 0 spiro atoms. The second-order valence-electron chi connectivity index (χ2n) is 7.61. The van der Waals surface area contributed by atoms with E-state index in [-0.39, 0.29) is 5.91 Å². The van der Waals surface area contributed by atoms with Gasteiger partial charge in [-0.3, -0.25) is 4.79 Å². The van der Waals surface area contributed by atoms with Crippen LogP contribution in [0.3, 0.4) is 0 Å². The maximum atomic E-state index is 12.7. The highest BCUT2D eigenvalue weighted by Gasteiger charge is 2.23. The van der Waals surface area contributed by atoms with Crippen LogP contribution in [0.2, 0.25) is 5.02 Å². The molecule has 10 nitrogen and oxygen atoms in total. The van der Waals surface area contributed by atoms with E-state index in [2.05, 4.69) is 30.1 Å². The number of carbonyl (C=O) groups is 1. The number of amides is 1. The molecule has 1 aliphatic heterocycles. The second kappa shape index (κ2) is 8.54. The molecule has 3 aromatic heterocycles. The van der Waals surface area contributed by atoms with Crippen LogP contribution >= 0.6 is 11.6 Å². The summed E-state index contributed by atoms with van der Waals surface area (Å²) in [7, 11) is 0. The normalized spacial score (nSPS) is 14.3. The number of fused-ring (bicyclic) bond motifs is 1. The number of aryl methyl sites for hydroxylation is 2. The highest BCUT2D eigenvalue weighted by Crippen LogP contribution is 2.20. The first-order chi connectivity index (χ1) is 15.6. The Hall–Kier alpha value is -3.53. The number of hydrogen-bond donors (Lipinski definition) is 0. The fraction of sp³-hybridized carbons (Fsp3) is 0.333. The van der Waals surface area contributed by atoms with Crippen LogP contribution in [0.4, 0.5) is 5.82 Å². The summed E-state index contributed by atoms with van der Waals surface area (Å²) >= 11 is 5.91. The largest absolute Gasteiger partial charge is 0.353 e. The van der Waals surface area contributed by atoms with E-state index in [0.29, 0.717) is 61.5 Å². The van der Waals surface area contributed by atoms with E-state index in [1.165, 1.54) is 6.33 Å². The average Bonchev–Trinajstić information content (AvgIpc) is 3.47. The van der Waals surface area contributed by atoms with E-state index in [1.807, 2.05) is 30.0 Å². The molecule has 0 radical (unpaired) electrons. The molecule has 4 aromatic rings. The monoisotopic (exact) mass is 452 g/mol. The minimum absolute atomic E-state index is 0.0766. The first kappa shape index (κ1) is 20.4. The zero-order chi connectivity index (χ0) is 22.1. The van der Waals surface area contributed by atoms with Gasteiger partial charge in [0.15, 0.2) is 0 Å². The summed E-state index contributed by atoms with van der Waals surface area (Å²) in [6.45, 7) is 4.64. The molecule has 0 bridgehead atoms. The lowest BCUT2D eigenvalue weighted by Crippen LogP contribution is -2.49. The molecule has 164 valence electrons. The van der Waals surface area contributed by atoms with Crippen molar-refractivity contribution in [3.05, 3.63) is 53.3 Å². The lowest BCUT2D eigenvalue weighted by molar-refractivity contribution is -0.131. The van der Waals surface area contributed by atoms with Gasteiger partial charge in [0.25, 0.3) is 5.78 Å². The van der Waals surface area contributed by atoms with E-state index < -0.39 is 0 Å². The minimum Gasteiger partial charge on any atom is -0.353 e. The van der Waals surface area contributed by atoms with Gasteiger partial charge in [-0.05, 0) is 31.2 Å². The van der Waals surface area contributed by atoms with Gasteiger partial charge in [0.05, 0.1) is 0 Å². The van der Waals surface area contributed by atoms with Gasteiger partial charge in [-0.25, -0.2) is 4.98 Å². The van der Waals surface area contributed by atoms with Gasteiger partial charge in [0.2, 0.25) is 17.6 Å². The van der Waals surface area contributed by atoms with Crippen LogP contribution in [-0.4, -0.2) is 66.7 Å². The van der Waals surface area contributed by atoms with Crippen molar-refractivity contribution >= 4 is 29.1 Å². The predicted molar refractivity (Wildman–Crippen MR) is 117 cm³/mol. The number of aromatic nitrogens is 6. The Labute approximate surface area is 188 Å². The zero-order valence-corrected chi connectivity index (χ0v) is 18.2. The summed E-state index contributed by atoms with van der Waals surface area (Å²) in [6, 6.07) is 9.21. The van der Waals surface area contributed by atoms with E-state index >= 15 is 0 Å². The summed E-state index contributed by atoms with van der Waals surface area (Å²) in [4.78, 5) is 29.8.